The number of carboxylic acid groups (broad SMARTS) is 1. The molecule has 0 spiro atoms. The SMILES string of the molecule is CN(C)C(=O)CCN1CCC(OCC(=O)O)CC1. The fourth-order valence-corrected chi connectivity index (χ4v) is 1.97. The van der Waals surface area contributed by atoms with Gasteiger partial charge in [0.15, 0.2) is 0 Å². The summed E-state index contributed by atoms with van der Waals surface area (Å²) in [6.07, 6.45) is 2.25. The Bertz CT molecular complexity index is 286. The highest BCUT2D eigenvalue weighted by Crippen LogP contribution is 2.13. The van der Waals surface area contributed by atoms with E-state index in [-0.39, 0.29) is 18.6 Å². The number of rotatable bonds is 6. The van der Waals surface area contributed by atoms with E-state index in [1.807, 2.05) is 0 Å². The number of likely N-dealkylation sites (tertiary alicyclic amines) is 1. The average Bonchev–Trinajstić information content (AvgIpc) is 2.34. The summed E-state index contributed by atoms with van der Waals surface area (Å²) < 4.78 is 5.26. The first-order valence-corrected chi connectivity index (χ1v) is 6.25. The Morgan fingerprint density at radius 3 is 2.44 bits per heavy atom. The summed E-state index contributed by atoms with van der Waals surface area (Å²) in [5, 5.41) is 8.52. The molecule has 1 N–H and O–H groups in total. The molecule has 0 aromatic carbocycles. The molecule has 1 fully saturated rings. The van der Waals surface area contributed by atoms with Crippen molar-refractivity contribution in [3.05, 3.63) is 0 Å². The first-order chi connectivity index (χ1) is 8.49. The van der Waals surface area contributed by atoms with Crippen LogP contribution in [0.25, 0.3) is 0 Å². The monoisotopic (exact) mass is 258 g/mol. The standard InChI is InChI=1S/C12H22N2O4/c1-13(2)11(15)5-8-14-6-3-10(4-7-14)18-9-12(16)17/h10H,3-9H2,1-2H3,(H,16,17). The second-order valence-corrected chi connectivity index (χ2v) is 4.78. The van der Waals surface area contributed by atoms with Gasteiger partial charge in [0.25, 0.3) is 0 Å². The van der Waals surface area contributed by atoms with Gasteiger partial charge in [0.2, 0.25) is 5.91 Å². The molecule has 0 bridgehead atoms. The quantitative estimate of drug-likeness (QED) is 0.728. The lowest BCUT2D eigenvalue weighted by Gasteiger charge is -2.31. The van der Waals surface area contributed by atoms with Crippen LogP contribution in [-0.2, 0) is 14.3 Å². The number of aliphatic carboxylic acids is 1. The number of amides is 1. The lowest BCUT2D eigenvalue weighted by Crippen LogP contribution is -2.39. The van der Waals surface area contributed by atoms with E-state index in [2.05, 4.69) is 4.90 Å². The van der Waals surface area contributed by atoms with Crippen LogP contribution in [0.5, 0.6) is 0 Å². The number of piperidine rings is 1. The number of carbonyl (C=O) groups excluding carboxylic acids is 1. The summed E-state index contributed by atoms with van der Waals surface area (Å²) >= 11 is 0. The summed E-state index contributed by atoms with van der Waals surface area (Å²) in [4.78, 5) is 25.6. The number of ether oxygens (including phenoxy) is 1. The number of carbonyl (C=O) groups is 2. The Balaban J connectivity index is 2.15. The molecule has 1 rings (SSSR count). The van der Waals surface area contributed by atoms with Gasteiger partial charge >= 0.3 is 5.97 Å². The number of hydrogen-bond donors (Lipinski definition) is 1. The van der Waals surface area contributed by atoms with Crippen LogP contribution >= 0.6 is 0 Å². The molecule has 1 aliphatic heterocycles. The third-order valence-corrected chi connectivity index (χ3v) is 3.12. The van der Waals surface area contributed by atoms with E-state index < -0.39 is 5.97 Å². The van der Waals surface area contributed by atoms with Crippen molar-refractivity contribution in [3.8, 4) is 0 Å². The third-order valence-electron chi connectivity index (χ3n) is 3.12. The van der Waals surface area contributed by atoms with Gasteiger partial charge < -0.3 is 19.6 Å². The van der Waals surface area contributed by atoms with E-state index in [9.17, 15) is 9.59 Å². The van der Waals surface area contributed by atoms with E-state index in [4.69, 9.17) is 9.84 Å². The Hall–Kier alpha value is -1.14. The summed E-state index contributed by atoms with van der Waals surface area (Å²) in [5.41, 5.74) is 0. The van der Waals surface area contributed by atoms with E-state index in [0.717, 1.165) is 32.5 Å². The van der Waals surface area contributed by atoms with Crippen molar-refractivity contribution in [2.75, 3.05) is 40.3 Å². The van der Waals surface area contributed by atoms with Crippen LogP contribution in [0.15, 0.2) is 0 Å². The Morgan fingerprint density at radius 1 is 1.33 bits per heavy atom. The van der Waals surface area contributed by atoms with Gasteiger partial charge in [0.1, 0.15) is 6.61 Å². The number of nitrogens with zero attached hydrogens (tertiary/aromatic N) is 2. The van der Waals surface area contributed by atoms with Crippen molar-refractivity contribution in [3.63, 3.8) is 0 Å². The van der Waals surface area contributed by atoms with Crippen molar-refractivity contribution in [2.45, 2.75) is 25.4 Å². The van der Waals surface area contributed by atoms with Gasteiger partial charge in [-0.25, -0.2) is 4.79 Å². The first kappa shape index (κ1) is 14.9. The van der Waals surface area contributed by atoms with Gasteiger partial charge in [-0.3, -0.25) is 4.79 Å². The molecular formula is C12H22N2O4. The fourth-order valence-electron chi connectivity index (χ4n) is 1.97. The molecule has 104 valence electrons. The van der Waals surface area contributed by atoms with E-state index in [1.165, 1.54) is 0 Å². The van der Waals surface area contributed by atoms with Gasteiger partial charge in [-0.15, -0.1) is 0 Å². The number of carboxylic acids is 1. The Morgan fingerprint density at radius 2 is 1.94 bits per heavy atom. The average molecular weight is 258 g/mol. The fraction of sp³-hybridized carbons (Fsp3) is 0.833. The number of hydrogen-bond acceptors (Lipinski definition) is 4. The Kier molecular flexibility index (Phi) is 6.07. The maximum Gasteiger partial charge on any atom is 0.329 e. The molecule has 0 aromatic rings. The molecule has 0 unspecified atom stereocenters. The highest BCUT2D eigenvalue weighted by Gasteiger charge is 2.20. The van der Waals surface area contributed by atoms with Gasteiger partial charge in [-0.2, -0.15) is 0 Å². The molecular weight excluding hydrogens is 236 g/mol. The first-order valence-electron chi connectivity index (χ1n) is 6.25. The van der Waals surface area contributed by atoms with Crippen LogP contribution in [0, 0.1) is 0 Å². The molecule has 0 radical (unpaired) electrons. The molecule has 18 heavy (non-hydrogen) atoms. The van der Waals surface area contributed by atoms with Crippen molar-refractivity contribution < 1.29 is 19.4 Å². The molecule has 0 aliphatic carbocycles. The molecule has 6 heteroatoms. The highest BCUT2D eigenvalue weighted by atomic mass is 16.5. The van der Waals surface area contributed by atoms with Crippen LogP contribution < -0.4 is 0 Å². The van der Waals surface area contributed by atoms with E-state index >= 15 is 0 Å². The summed E-state index contributed by atoms with van der Waals surface area (Å²) in [7, 11) is 3.52. The summed E-state index contributed by atoms with van der Waals surface area (Å²) in [5.74, 6) is -0.784. The predicted molar refractivity (Wildman–Crippen MR) is 66.4 cm³/mol. The lowest BCUT2D eigenvalue weighted by atomic mass is 10.1. The summed E-state index contributed by atoms with van der Waals surface area (Å²) in [6.45, 7) is 2.28. The summed E-state index contributed by atoms with van der Waals surface area (Å²) in [6, 6.07) is 0. The molecule has 6 nitrogen and oxygen atoms in total. The van der Waals surface area contributed by atoms with Crippen LogP contribution in [0.4, 0.5) is 0 Å². The zero-order valence-corrected chi connectivity index (χ0v) is 11.1. The van der Waals surface area contributed by atoms with E-state index in [0.29, 0.717) is 6.42 Å². The van der Waals surface area contributed by atoms with Crippen molar-refractivity contribution in [2.24, 2.45) is 0 Å². The van der Waals surface area contributed by atoms with Crippen molar-refractivity contribution in [1.82, 2.24) is 9.80 Å². The van der Waals surface area contributed by atoms with Gasteiger partial charge in [0.05, 0.1) is 6.10 Å². The molecule has 0 saturated carbocycles. The van der Waals surface area contributed by atoms with Crippen molar-refractivity contribution in [1.29, 1.82) is 0 Å². The maximum atomic E-state index is 11.4. The molecule has 1 aliphatic rings. The highest BCUT2D eigenvalue weighted by molar-refractivity contribution is 5.75. The van der Waals surface area contributed by atoms with Crippen molar-refractivity contribution >= 4 is 11.9 Å². The molecule has 0 aromatic heterocycles. The Labute approximate surface area is 107 Å². The predicted octanol–water partition coefficient (Wildman–Crippen LogP) is 0.0303. The van der Waals surface area contributed by atoms with Gasteiger partial charge in [-0.05, 0) is 12.8 Å². The molecule has 1 heterocycles. The lowest BCUT2D eigenvalue weighted by molar-refractivity contribution is -0.145. The van der Waals surface area contributed by atoms with Crippen LogP contribution in [0.2, 0.25) is 0 Å². The second-order valence-electron chi connectivity index (χ2n) is 4.78. The minimum absolute atomic E-state index is 0.0434. The van der Waals surface area contributed by atoms with Crippen LogP contribution in [0.1, 0.15) is 19.3 Å². The minimum atomic E-state index is -0.922. The van der Waals surface area contributed by atoms with Gasteiger partial charge in [0, 0.05) is 40.2 Å². The zero-order valence-electron chi connectivity index (χ0n) is 11.1. The smallest absolute Gasteiger partial charge is 0.329 e. The maximum absolute atomic E-state index is 11.4. The van der Waals surface area contributed by atoms with Crippen LogP contribution in [-0.4, -0.2) is 73.2 Å². The second kappa shape index (κ2) is 7.33. The molecule has 0 atom stereocenters. The molecule has 1 saturated heterocycles. The molecule has 1 amide bonds. The minimum Gasteiger partial charge on any atom is -0.480 e. The van der Waals surface area contributed by atoms with Crippen LogP contribution in [0.3, 0.4) is 0 Å². The van der Waals surface area contributed by atoms with Gasteiger partial charge in [-0.1, -0.05) is 0 Å². The topological polar surface area (TPSA) is 70.1 Å². The largest absolute Gasteiger partial charge is 0.480 e. The zero-order chi connectivity index (χ0) is 13.5. The van der Waals surface area contributed by atoms with E-state index in [1.54, 1.807) is 19.0 Å². The normalized spacial score (nSPS) is 17.7. The third kappa shape index (κ3) is 5.46.